The van der Waals surface area contributed by atoms with Crippen molar-refractivity contribution in [1.29, 1.82) is 0 Å². The summed E-state index contributed by atoms with van der Waals surface area (Å²) in [5.74, 6) is 0.121. The van der Waals surface area contributed by atoms with Gasteiger partial charge in [-0.3, -0.25) is 19.4 Å². The first kappa shape index (κ1) is 26.7. The van der Waals surface area contributed by atoms with Gasteiger partial charge >= 0.3 is 0 Å². The van der Waals surface area contributed by atoms with E-state index in [1.807, 2.05) is 74.8 Å². The maximum absolute atomic E-state index is 13.8. The van der Waals surface area contributed by atoms with Crippen LogP contribution < -0.4 is 5.32 Å². The van der Waals surface area contributed by atoms with Crippen LogP contribution in [0.4, 0.5) is 0 Å². The van der Waals surface area contributed by atoms with Crippen LogP contribution in [0.25, 0.3) is 22.0 Å². The lowest BCUT2D eigenvalue weighted by Crippen LogP contribution is -2.59. The van der Waals surface area contributed by atoms with E-state index in [1.54, 1.807) is 18.3 Å². The number of amides is 3. The molecule has 2 N–H and O–H groups in total. The minimum atomic E-state index is -0.719. The lowest BCUT2D eigenvalue weighted by Gasteiger charge is -2.39. The second-order valence-electron chi connectivity index (χ2n) is 12.2. The summed E-state index contributed by atoms with van der Waals surface area (Å²) in [6, 6.07) is 12.1. The molecule has 10 nitrogen and oxygen atoms in total. The number of nitrogens with one attached hydrogen (secondary N) is 2. The normalized spacial score (nSPS) is 19.1. The minimum absolute atomic E-state index is 0.0921. The molecule has 2 saturated heterocycles. The lowest BCUT2D eigenvalue weighted by atomic mass is 9.85. The van der Waals surface area contributed by atoms with Crippen LogP contribution >= 0.6 is 0 Å². The average Bonchev–Trinajstić information content (AvgIpc) is 3.73. The zero-order valence-electron chi connectivity index (χ0n) is 23.9. The highest BCUT2D eigenvalue weighted by Gasteiger charge is 2.50. The summed E-state index contributed by atoms with van der Waals surface area (Å²) < 4.78 is 5.26. The highest BCUT2D eigenvalue weighted by molar-refractivity contribution is 6.00. The van der Waals surface area contributed by atoms with Crippen molar-refractivity contribution in [2.75, 3.05) is 13.1 Å². The van der Waals surface area contributed by atoms with Gasteiger partial charge in [0.2, 0.25) is 5.91 Å². The number of fused-ring (bicyclic) bond motifs is 3. The molecule has 6 rings (SSSR count). The zero-order valence-corrected chi connectivity index (χ0v) is 23.9. The summed E-state index contributed by atoms with van der Waals surface area (Å²) in [5, 5.41) is 7.92. The number of carbonyl (C=O) groups excluding carboxylic acids is 3. The Kier molecular flexibility index (Phi) is 6.43. The molecule has 2 fully saturated rings. The van der Waals surface area contributed by atoms with Gasteiger partial charge in [0.25, 0.3) is 11.8 Å². The third kappa shape index (κ3) is 4.77. The molecule has 2 aliphatic rings. The van der Waals surface area contributed by atoms with E-state index < -0.39 is 11.5 Å². The largest absolute Gasteiger partial charge is 0.361 e. The van der Waals surface area contributed by atoms with Crippen molar-refractivity contribution in [1.82, 2.24) is 30.2 Å². The summed E-state index contributed by atoms with van der Waals surface area (Å²) in [5.41, 5.74) is 3.64. The molecule has 3 aromatic heterocycles. The molecule has 212 valence electrons. The monoisotopic (exact) mass is 554 g/mol. The standard InChI is InChI=1S/C31H34N6O4/c1-17-26(18(2)41-35-17)20-10-11-24(32-14-20)29(39)36-15-22-13-21(36)16-37(22)30(40)27(31(3,4)5)34-28(38)25-12-19-8-6-7-9-23(19)33-25/h6-12,14,21-22,27,33H,13,15-16H2,1-5H3,(H,34,38)/t21-,22?,27+/m0/s1. The second-order valence-corrected chi connectivity index (χ2v) is 12.2. The molecule has 0 aliphatic carbocycles. The van der Waals surface area contributed by atoms with Crippen LogP contribution in [-0.2, 0) is 4.79 Å². The summed E-state index contributed by atoms with van der Waals surface area (Å²) >= 11 is 0. The number of carbonyl (C=O) groups is 3. The van der Waals surface area contributed by atoms with Crippen molar-refractivity contribution in [3.63, 3.8) is 0 Å². The van der Waals surface area contributed by atoms with E-state index in [9.17, 15) is 14.4 Å². The summed E-state index contributed by atoms with van der Waals surface area (Å²) in [6.45, 7) is 10.4. The van der Waals surface area contributed by atoms with E-state index >= 15 is 0 Å². The van der Waals surface area contributed by atoms with Crippen LogP contribution in [0.15, 0.2) is 53.2 Å². The van der Waals surface area contributed by atoms with Gasteiger partial charge in [0, 0.05) is 41.3 Å². The number of H-pyrrole nitrogens is 1. The van der Waals surface area contributed by atoms with Crippen LogP contribution in [0, 0.1) is 19.3 Å². The first-order valence-electron chi connectivity index (χ1n) is 13.9. The topological polar surface area (TPSA) is 124 Å². The van der Waals surface area contributed by atoms with Gasteiger partial charge in [0.05, 0.1) is 17.8 Å². The molecule has 1 aromatic carbocycles. The molecule has 1 unspecified atom stereocenters. The molecule has 5 heterocycles. The molecule has 0 radical (unpaired) electrons. The van der Waals surface area contributed by atoms with Crippen molar-refractivity contribution >= 4 is 28.6 Å². The molecule has 41 heavy (non-hydrogen) atoms. The Morgan fingerprint density at radius 3 is 2.39 bits per heavy atom. The first-order valence-corrected chi connectivity index (χ1v) is 13.9. The van der Waals surface area contributed by atoms with Crippen LogP contribution in [0.1, 0.15) is 59.6 Å². The number of aromatic nitrogens is 3. The molecule has 3 amide bonds. The van der Waals surface area contributed by atoms with Crippen LogP contribution in [0.5, 0.6) is 0 Å². The third-order valence-corrected chi connectivity index (χ3v) is 8.25. The third-order valence-electron chi connectivity index (χ3n) is 8.25. The predicted octanol–water partition coefficient (Wildman–Crippen LogP) is 4.10. The fourth-order valence-electron chi connectivity index (χ4n) is 6.12. The number of aryl methyl sites for hydroxylation is 2. The Balaban J connectivity index is 1.13. The number of pyridine rings is 1. The van der Waals surface area contributed by atoms with Gasteiger partial charge in [-0.05, 0) is 43.9 Å². The van der Waals surface area contributed by atoms with E-state index in [-0.39, 0.29) is 29.8 Å². The molecule has 2 aliphatic heterocycles. The zero-order chi connectivity index (χ0) is 29.1. The summed E-state index contributed by atoms with van der Waals surface area (Å²) in [7, 11) is 0. The van der Waals surface area contributed by atoms with Crippen molar-refractivity contribution in [3.8, 4) is 11.1 Å². The molecular weight excluding hydrogens is 520 g/mol. The second kappa shape index (κ2) is 9.87. The van der Waals surface area contributed by atoms with E-state index in [0.717, 1.165) is 27.7 Å². The number of hydrogen-bond donors (Lipinski definition) is 2. The van der Waals surface area contributed by atoms with Crippen molar-refractivity contribution < 1.29 is 18.9 Å². The highest BCUT2D eigenvalue weighted by Crippen LogP contribution is 2.34. The fourth-order valence-corrected chi connectivity index (χ4v) is 6.12. The number of aromatic amines is 1. The maximum atomic E-state index is 13.8. The molecule has 2 bridgehead atoms. The number of piperazine rings is 1. The molecule has 0 saturated carbocycles. The van der Waals surface area contributed by atoms with E-state index in [4.69, 9.17) is 4.52 Å². The maximum Gasteiger partial charge on any atom is 0.272 e. The number of rotatable bonds is 5. The Morgan fingerprint density at radius 1 is 1.05 bits per heavy atom. The van der Waals surface area contributed by atoms with Gasteiger partial charge in [0.15, 0.2) is 0 Å². The Bertz CT molecular complexity index is 1590. The molecule has 4 aromatic rings. The number of likely N-dealkylation sites (tertiary alicyclic amines) is 2. The van der Waals surface area contributed by atoms with Gasteiger partial charge in [-0.1, -0.05) is 50.2 Å². The Labute approximate surface area is 238 Å². The van der Waals surface area contributed by atoms with Crippen LogP contribution in [0.3, 0.4) is 0 Å². The molecule has 0 spiro atoms. The highest BCUT2D eigenvalue weighted by atomic mass is 16.5. The smallest absolute Gasteiger partial charge is 0.272 e. The van der Waals surface area contributed by atoms with Gasteiger partial charge in [-0.2, -0.15) is 0 Å². The Hall–Kier alpha value is -4.47. The van der Waals surface area contributed by atoms with Crippen LogP contribution in [0.2, 0.25) is 0 Å². The quantitative estimate of drug-likeness (QED) is 0.383. The SMILES string of the molecule is Cc1noc(C)c1-c1ccc(C(=O)N2CC3C[C@H]2CN3C(=O)[C@@H](NC(=O)c2cc3ccccc3[nH]2)C(C)(C)C)nc1. The minimum Gasteiger partial charge on any atom is -0.361 e. The van der Waals surface area contributed by atoms with Crippen molar-refractivity contribution in [3.05, 3.63) is 71.5 Å². The van der Waals surface area contributed by atoms with Crippen LogP contribution in [-0.4, -0.2) is 73.9 Å². The van der Waals surface area contributed by atoms with Gasteiger partial charge in [-0.25, -0.2) is 0 Å². The van der Waals surface area contributed by atoms with Crippen molar-refractivity contribution in [2.45, 2.75) is 59.2 Å². The molecular formula is C31H34N6O4. The number of hydrogen-bond acceptors (Lipinski definition) is 6. The number of para-hydroxylation sites is 1. The Morgan fingerprint density at radius 2 is 1.78 bits per heavy atom. The summed E-state index contributed by atoms with van der Waals surface area (Å²) in [6.07, 6.45) is 2.38. The lowest BCUT2D eigenvalue weighted by molar-refractivity contribution is -0.138. The number of benzene rings is 1. The first-order chi connectivity index (χ1) is 19.5. The van der Waals surface area contributed by atoms with E-state index in [0.29, 0.717) is 36.7 Å². The molecule has 3 atom stereocenters. The van der Waals surface area contributed by atoms with Gasteiger partial charge < -0.3 is 24.6 Å². The van der Waals surface area contributed by atoms with Crippen molar-refractivity contribution in [2.24, 2.45) is 5.41 Å². The van der Waals surface area contributed by atoms with Gasteiger partial charge in [0.1, 0.15) is 23.2 Å². The van der Waals surface area contributed by atoms with E-state index in [1.165, 1.54) is 0 Å². The number of nitrogens with zero attached hydrogens (tertiary/aromatic N) is 4. The van der Waals surface area contributed by atoms with E-state index in [2.05, 4.69) is 20.4 Å². The average molecular weight is 555 g/mol. The predicted molar refractivity (Wildman–Crippen MR) is 153 cm³/mol. The van der Waals surface area contributed by atoms with Gasteiger partial charge in [-0.15, -0.1) is 0 Å². The fraction of sp³-hybridized carbons (Fsp3) is 0.387. The summed E-state index contributed by atoms with van der Waals surface area (Å²) in [4.78, 5) is 51.7. The molecule has 10 heteroatoms.